The molecule has 6 rings (SSSR count). The minimum Gasteiger partial charge on any atom is -0.490 e. The number of nitrogens with zero attached hydrogens (tertiary/aromatic N) is 2. The Morgan fingerprint density at radius 1 is 1.24 bits per heavy atom. The number of methoxy groups -OCH3 is 1. The van der Waals surface area contributed by atoms with Crippen molar-refractivity contribution in [3.8, 4) is 5.75 Å². The van der Waals surface area contributed by atoms with Crippen molar-refractivity contribution in [3.05, 3.63) is 77.4 Å². The highest BCUT2D eigenvalue weighted by molar-refractivity contribution is 7.92. The molecule has 1 saturated carbocycles. The average molecular weight is 668 g/mol. The third-order valence-corrected chi connectivity index (χ3v) is 12.0. The molecule has 246 valence electrons. The third-order valence-electron chi connectivity index (χ3n) is 9.97. The standard InChI is InChI=1S/C35H42ClN3O6S/c1-5-32(40)37-46(42)26-12-15-31-29(19-26)39(21-35(22-44-31)16-6-8-23-18-25(36)11-14-28(23)35)20-24-10-13-27(24)30(43-4)9-7-17-45-34(2,3)33(41)38-46/h5,7,9,11-12,14-15,18-19,24,27,30H,1,6,8,10,13,16-17,20-22H2,2-4H3,(H,37,38,40,41,42)/b9-7+/t24-,27+,30-,35-,46-/m0/s1. The number of aryl methyl sites for hydroxylation is 1. The molecule has 9 nitrogen and oxygen atoms in total. The van der Waals surface area contributed by atoms with E-state index < -0.39 is 27.3 Å². The van der Waals surface area contributed by atoms with Gasteiger partial charge in [0.1, 0.15) is 11.4 Å². The highest BCUT2D eigenvalue weighted by Gasteiger charge is 2.44. The van der Waals surface area contributed by atoms with E-state index >= 15 is 0 Å². The van der Waals surface area contributed by atoms with Crippen molar-refractivity contribution in [3.63, 3.8) is 0 Å². The van der Waals surface area contributed by atoms with Crippen LogP contribution in [0, 0.1) is 11.8 Å². The number of halogens is 1. The van der Waals surface area contributed by atoms with E-state index in [-0.39, 0.29) is 23.0 Å². The monoisotopic (exact) mass is 667 g/mol. The Kier molecular flexibility index (Phi) is 9.10. The van der Waals surface area contributed by atoms with Crippen LogP contribution in [0.3, 0.4) is 0 Å². The normalized spacial score (nSPS) is 31.2. The van der Waals surface area contributed by atoms with Crippen molar-refractivity contribution in [2.24, 2.45) is 16.2 Å². The molecule has 2 bridgehead atoms. The van der Waals surface area contributed by atoms with Crippen LogP contribution in [0.5, 0.6) is 5.75 Å². The van der Waals surface area contributed by atoms with Crippen molar-refractivity contribution in [1.82, 2.24) is 4.72 Å². The van der Waals surface area contributed by atoms with Gasteiger partial charge in [-0.1, -0.05) is 36.4 Å². The van der Waals surface area contributed by atoms with E-state index in [1.807, 2.05) is 18.2 Å². The van der Waals surface area contributed by atoms with Gasteiger partial charge in [0.15, 0.2) is 9.92 Å². The van der Waals surface area contributed by atoms with Gasteiger partial charge in [-0.25, -0.2) is 4.21 Å². The minimum atomic E-state index is -3.78. The minimum absolute atomic E-state index is 0.104. The summed E-state index contributed by atoms with van der Waals surface area (Å²) in [5.74, 6) is -0.201. The van der Waals surface area contributed by atoms with Crippen LogP contribution in [-0.4, -0.2) is 61.1 Å². The maximum absolute atomic E-state index is 14.6. The quantitative estimate of drug-likeness (QED) is 0.326. The van der Waals surface area contributed by atoms with Crippen LogP contribution >= 0.6 is 11.6 Å². The number of anilines is 1. The predicted octanol–water partition coefficient (Wildman–Crippen LogP) is 5.79. The molecule has 0 aromatic heterocycles. The fourth-order valence-corrected chi connectivity index (χ4v) is 9.04. The van der Waals surface area contributed by atoms with Crippen LogP contribution in [0.2, 0.25) is 5.02 Å². The number of nitrogens with one attached hydrogen (secondary N) is 1. The Bertz CT molecular complexity index is 1700. The molecule has 2 aliphatic heterocycles. The summed E-state index contributed by atoms with van der Waals surface area (Å²) in [5.41, 5.74) is 1.53. The molecule has 2 amide bonds. The molecule has 11 heteroatoms. The Morgan fingerprint density at radius 2 is 2.07 bits per heavy atom. The molecule has 5 atom stereocenters. The average Bonchev–Trinajstić information content (AvgIpc) is 3.16. The van der Waals surface area contributed by atoms with Gasteiger partial charge in [0.2, 0.25) is 0 Å². The zero-order chi connectivity index (χ0) is 32.7. The Balaban J connectivity index is 1.51. The second-order valence-electron chi connectivity index (χ2n) is 13.3. The second kappa shape index (κ2) is 12.8. The van der Waals surface area contributed by atoms with Gasteiger partial charge >= 0.3 is 0 Å². The van der Waals surface area contributed by atoms with Crippen LogP contribution < -0.4 is 14.4 Å². The number of hydrogen-bond acceptors (Lipinski definition) is 7. The SMILES string of the molecule is C=CC(=O)N[S@]1(=O)=NC(=O)C(C)(C)OC/C=C/[C@H](OC)[C@@H]2CC[C@H]2CN2C[C@@]3(CCCc4cc(Cl)ccc43)COc3ccc1cc32. The second-order valence-corrected chi connectivity index (χ2v) is 15.6. The molecule has 2 aromatic rings. The first kappa shape index (κ1) is 32.7. The highest BCUT2D eigenvalue weighted by atomic mass is 35.5. The molecule has 2 aromatic carbocycles. The number of rotatable bonds is 3. The van der Waals surface area contributed by atoms with Gasteiger partial charge in [-0.15, -0.1) is 4.36 Å². The summed E-state index contributed by atoms with van der Waals surface area (Å²) in [7, 11) is -2.06. The summed E-state index contributed by atoms with van der Waals surface area (Å²) in [6.45, 7) is 8.66. The van der Waals surface area contributed by atoms with Crippen LogP contribution in [0.1, 0.15) is 50.7 Å². The summed E-state index contributed by atoms with van der Waals surface area (Å²) in [5, 5.41) is 0.725. The van der Waals surface area contributed by atoms with Gasteiger partial charge in [-0.3, -0.25) is 14.3 Å². The number of fused-ring (bicyclic) bond motifs is 4. The number of hydrogen-bond donors (Lipinski definition) is 1. The summed E-state index contributed by atoms with van der Waals surface area (Å²) in [6.07, 6.45) is 9.77. The molecule has 1 spiro atoms. The number of carbonyl (C=O) groups is 2. The molecule has 46 heavy (non-hydrogen) atoms. The van der Waals surface area contributed by atoms with Crippen molar-refractivity contribution in [1.29, 1.82) is 0 Å². The molecule has 2 heterocycles. The fourth-order valence-electron chi connectivity index (χ4n) is 7.25. The van der Waals surface area contributed by atoms with E-state index in [4.69, 9.17) is 25.8 Å². The lowest BCUT2D eigenvalue weighted by molar-refractivity contribution is -0.137. The Hall–Kier alpha value is -3.18. The molecule has 2 aliphatic carbocycles. The largest absolute Gasteiger partial charge is 0.490 e. The smallest absolute Gasteiger partial charge is 0.287 e. The predicted molar refractivity (Wildman–Crippen MR) is 179 cm³/mol. The van der Waals surface area contributed by atoms with Crippen molar-refractivity contribution >= 4 is 39.0 Å². The van der Waals surface area contributed by atoms with Crippen molar-refractivity contribution in [2.75, 3.05) is 38.3 Å². The van der Waals surface area contributed by atoms with E-state index in [0.29, 0.717) is 30.7 Å². The fraction of sp³-hybridized carbons (Fsp3) is 0.486. The number of ether oxygens (including phenoxy) is 3. The van der Waals surface area contributed by atoms with E-state index in [1.54, 1.807) is 39.2 Å². The van der Waals surface area contributed by atoms with Crippen LogP contribution in [0.15, 0.2) is 70.5 Å². The van der Waals surface area contributed by atoms with Gasteiger partial charge in [0, 0.05) is 30.6 Å². The van der Waals surface area contributed by atoms with Gasteiger partial charge in [0.05, 0.1) is 29.9 Å². The van der Waals surface area contributed by atoms with Gasteiger partial charge in [-0.2, -0.15) is 0 Å². The van der Waals surface area contributed by atoms with Gasteiger partial charge in [-0.05, 0) is 105 Å². The number of amides is 2. The molecule has 0 radical (unpaired) electrons. The molecule has 0 unspecified atom stereocenters. The van der Waals surface area contributed by atoms with E-state index in [1.165, 1.54) is 11.1 Å². The topological polar surface area (TPSA) is 107 Å². The summed E-state index contributed by atoms with van der Waals surface area (Å²) < 4.78 is 39.6. The van der Waals surface area contributed by atoms with E-state index in [2.05, 4.69) is 32.7 Å². The lowest BCUT2D eigenvalue weighted by Gasteiger charge is -2.46. The van der Waals surface area contributed by atoms with Crippen LogP contribution in [-0.2, 0) is 40.8 Å². The summed E-state index contributed by atoms with van der Waals surface area (Å²) in [4.78, 5) is 28.6. The third kappa shape index (κ3) is 6.24. The first-order valence-corrected chi connectivity index (χ1v) is 17.8. The molecular weight excluding hydrogens is 626 g/mol. The number of benzene rings is 2. The first-order valence-electron chi connectivity index (χ1n) is 15.9. The zero-order valence-corrected chi connectivity index (χ0v) is 28.2. The summed E-state index contributed by atoms with van der Waals surface area (Å²) >= 11 is 6.43. The maximum Gasteiger partial charge on any atom is 0.287 e. The molecule has 0 saturated heterocycles. The van der Waals surface area contributed by atoms with E-state index in [9.17, 15) is 13.8 Å². The molecular formula is C35H42ClN3O6S. The van der Waals surface area contributed by atoms with E-state index in [0.717, 1.165) is 55.4 Å². The Labute approximate surface area is 276 Å². The molecule has 4 aliphatic rings. The lowest BCUT2D eigenvalue weighted by atomic mass is 9.68. The van der Waals surface area contributed by atoms with Gasteiger partial charge < -0.3 is 19.1 Å². The first-order chi connectivity index (χ1) is 22.0. The van der Waals surface area contributed by atoms with Crippen molar-refractivity contribution in [2.45, 2.75) is 68.0 Å². The van der Waals surface area contributed by atoms with Crippen LogP contribution in [0.25, 0.3) is 0 Å². The maximum atomic E-state index is 14.6. The number of carbonyl (C=O) groups excluding carboxylic acids is 2. The molecule has 1 N–H and O–H groups in total. The highest BCUT2D eigenvalue weighted by Crippen LogP contribution is 2.47. The zero-order valence-electron chi connectivity index (χ0n) is 26.6. The lowest BCUT2D eigenvalue weighted by Crippen LogP contribution is -2.49. The summed E-state index contributed by atoms with van der Waals surface area (Å²) in [6, 6.07) is 11.3. The molecule has 1 fully saturated rings. The Morgan fingerprint density at radius 3 is 2.80 bits per heavy atom. The van der Waals surface area contributed by atoms with Crippen molar-refractivity contribution < 1.29 is 28.0 Å². The van der Waals surface area contributed by atoms with Gasteiger partial charge in [0.25, 0.3) is 11.8 Å². The van der Waals surface area contributed by atoms with Crippen LogP contribution in [0.4, 0.5) is 5.69 Å².